The van der Waals surface area contributed by atoms with Gasteiger partial charge in [-0.05, 0) is 37.7 Å². The molecular weight excluding hydrogens is 407 g/mol. The molecule has 1 aromatic heterocycles. The maximum absolute atomic E-state index is 12.4. The van der Waals surface area contributed by atoms with Crippen LogP contribution in [0.5, 0.6) is 0 Å². The summed E-state index contributed by atoms with van der Waals surface area (Å²) >= 11 is 12.6. The van der Waals surface area contributed by atoms with E-state index >= 15 is 0 Å². The van der Waals surface area contributed by atoms with Gasteiger partial charge in [0.15, 0.2) is 0 Å². The topological polar surface area (TPSA) is 86.7 Å². The highest BCUT2D eigenvalue weighted by atomic mass is 35.5. The largest absolute Gasteiger partial charge is 0.481 e. The fraction of sp³-hybridized carbons (Fsp3) is 0.667. The quantitative estimate of drug-likeness (QED) is 0.666. The Morgan fingerprint density at radius 2 is 1.96 bits per heavy atom. The van der Waals surface area contributed by atoms with Crippen LogP contribution in [0.25, 0.3) is 0 Å². The molecule has 1 saturated heterocycles. The highest BCUT2D eigenvalue weighted by Gasteiger charge is 2.38. The number of nitrogens with zero attached hydrogens (tertiary/aromatic N) is 1. The number of carbonyl (C=O) groups is 1. The molecule has 3 rings (SSSR count). The summed E-state index contributed by atoms with van der Waals surface area (Å²) in [4.78, 5) is 13.3. The predicted octanol–water partition coefficient (Wildman–Crippen LogP) is 3.05. The van der Waals surface area contributed by atoms with Crippen LogP contribution in [-0.2, 0) is 14.8 Å². The van der Waals surface area contributed by atoms with E-state index < -0.39 is 16.0 Å². The molecular formula is C15H20Cl2N2O4S2. The standard InChI is InChI=1S/C15H20Cl2N2O4S2/c16-12-6-14(24-15(12)17)25(22,23)18-7-11-4-3-10(5-13(20)21)19(11)8-9-1-2-9/h6,9-11,18H,1-5,7-8H2,(H,20,21)/t10-,11+/m1/s1. The van der Waals surface area contributed by atoms with Crippen LogP contribution in [-0.4, -0.2) is 49.6 Å². The zero-order valence-electron chi connectivity index (χ0n) is 13.5. The normalized spacial score (nSPS) is 24.7. The third-order valence-corrected chi connectivity index (χ3v) is 8.51. The second kappa shape index (κ2) is 7.70. The number of sulfonamides is 1. The second-order valence-electron chi connectivity index (χ2n) is 6.66. The molecule has 1 aromatic rings. The fourth-order valence-electron chi connectivity index (χ4n) is 3.29. The number of likely N-dealkylation sites (tertiary alicyclic amines) is 1. The molecule has 1 saturated carbocycles. The van der Waals surface area contributed by atoms with Gasteiger partial charge in [-0.25, -0.2) is 13.1 Å². The zero-order valence-corrected chi connectivity index (χ0v) is 16.6. The maximum atomic E-state index is 12.4. The first-order valence-electron chi connectivity index (χ1n) is 8.18. The number of aliphatic carboxylic acids is 1. The van der Waals surface area contributed by atoms with Crippen molar-refractivity contribution in [2.75, 3.05) is 13.1 Å². The third kappa shape index (κ3) is 4.87. The second-order valence-corrected chi connectivity index (χ2v) is 10.7. The van der Waals surface area contributed by atoms with Gasteiger partial charge in [-0.2, -0.15) is 0 Å². The van der Waals surface area contributed by atoms with Crippen molar-refractivity contribution in [1.82, 2.24) is 9.62 Å². The SMILES string of the molecule is O=C(O)C[C@H]1CC[C@@H](CNS(=O)(=O)c2cc(Cl)c(Cl)s2)N1CC1CC1. The first-order chi connectivity index (χ1) is 11.8. The van der Waals surface area contributed by atoms with Crippen molar-refractivity contribution in [3.8, 4) is 0 Å². The minimum Gasteiger partial charge on any atom is -0.481 e. The molecule has 2 fully saturated rings. The van der Waals surface area contributed by atoms with Crippen molar-refractivity contribution in [2.45, 2.75) is 48.4 Å². The lowest BCUT2D eigenvalue weighted by Crippen LogP contribution is -2.44. The average molecular weight is 427 g/mol. The minimum atomic E-state index is -3.67. The summed E-state index contributed by atoms with van der Waals surface area (Å²) in [6.07, 6.45) is 4.01. The van der Waals surface area contributed by atoms with Crippen LogP contribution in [0.2, 0.25) is 9.36 Å². The Kier molecular flexibility index (Phi) is 5.97. The summed E-state index contributed by atoms with van der Waals surface area (Å²) < 4.78 is 27.8. The number of hydrogen-bond acceptors (Lipinski definition) is 5. The predicted molar refractivity (Wildman–Crippen MR) is 98.0 cm³/mol. The monoisotopic (exact) mass is 426 g/mol. The molecule has 0 radical (unpaired) electrons. The molecule has 1 aliphatic carbocycles. The van der Waals surface area contributed by atoms with E-state index in [1.54, 1.807) is 0 Å². The Morgan fingerprint density at radius 3 is 2.52 bits per heavy atom. The lowest BCUT2D eigenvalue weighted by Gasteiger charge is -2.29. The van der Waals surface area contributed by atoms with E-state index in [4.69, 9.17) is 28.3 Å². The van der Waals surface area contributed by atoms with Crippen LogP contribution in [0.1, 0.15) is 32.1 Å². The molecule has 6 nitrogen and oxygen atoms in total. The molecule has 0 bridgehead atoms. The number of carboxylic acid groups (broad SMARTS) is 1. The summed E-state index contributed by atoms with van der Waals surface area (Å²) in [7, 11) is -3.67. The smallest absolute Gasteiger partial charge is 0.304 e. The van der Waals surface area contributed by atoms with Gasteiger partial charge < -0.3 is 5.11 Å². The molecule has 10 heteroatoms. The fourth-order valence-corrected chi connectivity index (χ4v) is 6.29. The summed E-state index contributed by atoms with van der Waals surface area (Å²) in [5, 5.41) is 9.33. The number of hydrogen-bond donors (Lipinski definition) is 2. The van der Waals surface area contributed by atoms with E-state index in [2.05, 4.69) is 9.62 Å². The van der Waals surface area contributed by atoms with Crippen molar-refractivity contribution in [2.24, 2.45) is 5.92 Å². The Hall–Kier alpha value is -0.380. The molecule has 140 valence electrons. The highest BCUT2D eigenvalue weighted by molar-refractivity contribution is 7.91. The third-order valence-electron chi connectivity index (χ3n) is 4.74. The van der Waals surface area contributed by atoms with Crippen LogP contribution < -0.4 is 4.72 Å². The van der Waals surface area contributed by atoms with Gasteiger partial charge in [-0.3, -0.25) is 9.69 Å². The zero-order chi connectivity index (χ0) is 18.2. The Morgan fingerprint density at radius 1 is 1.28 bits per heavy atom. The summed E-state index contributed by atoms with van der Waals surface area (Å²) in [6.45, 7) is 1.11. The van der Waals surface area contributed by atoms with Gasteiger partial charge in [0.2, 0.25) is 10.0 Å². The van der Waals surface area contributed by atoms with Gasteiger partial charge >= 0.3 is 5.97 Å². The average Bonchev–Trinajstić information content (AvgIpc) is 3.18. The lowest BCUT2D eigenvalue weighted by molar-refractivity contribution is -0.138. The summed E-state index contributed by atoms with van der Waals surface area (Å²) in [5.74, 6) is -0.196. The van der Waals surface area contributed by atoms with Gasteiger partial charge in [0.05, 0.1) is 11.4 Å². The Labute approximate surface area is 161 Å². The van der Waals surface area contributed by atoms with Crippen molar-refractivity contribution < 1.29 is 18.3 Å². The van der Waals surface area contributed by atoms with Gasteiger partial charge in [0, 0.05) is 25.2 Å². The van der Waals surface area contributed by atoms with E-state index in [1.165, 1.54) is 18.9 Å². The number of thiophene rings is 1. The lowest BCUT2D eigenvalue weighted by atomic mass is 10.1. The Balaban J connectivity index is 1.65. The van der Waals surface area contributed by atoms with Gasteiger partial charge in [0.25, 0.3) is 0 Å². The molecule has 25 heavy (non-hydrogen) atoms. The number of halogens is 2. The summed E-state index contributed by atoms with van der Waals surface area (Å²) in [5.41, 5.74) is 0. The van der Waals surface area contributed by atoms with Crippen molar-refractivity contribution in [1.29, 1.82) is 0 Å². The van der Waals surface area contributed by atoms with Crippen LogP contribution in [0.15, 0.2) is 10.3 Å². The molecule has 1 aliphatic heterocycles. The molecule has 0 amide bonds. The van der Waals surface area contributed by atoms with E-state index in [9.17, 15) is 13.2 Å². The van der Waals surface area contributed by atoms with Gasteiger partial charge in [-0.1, -0.05) is 23.2 Å². The van der Waals surface area contributed by atoms with Crippen LogP contribution in [0, 0.1) is 5.92 Å². The molecule has 0 aromatic carbocycles. The van der Waals surface area contributed by atoms with Crippen molar-refractivity contribution in [3.63, 3.8) is 0 Å². The Bertz CT molecular complexity index is 729. The molecule has 2 atom stereocenters. The molecule has 0 spiro atoms. The molecule has 2 heterocycles. The van der Waals surface area contributed by atoms with Crippen molar-refractivity contribution >= 4 is 50.5 Å². The van der Waals surface area contributed by atoms with Crippen LogP contribution in [0.4, 0.5) is 0 Å². The molecule has 0 unspecified atom stereocenters. The molecule has 2 aliphatic rings. The summed E-state index contributed by atoms with van der Waals surface area (Å²) in [6, 6.07) is 1.35. The van der Waals surface area contributed by atoms with E-state index in [0.29, 0.717) is 5.92 Å². The first kappa shape index (κ1) is 19.4. The van der Waals surface area contributed by atoms with Gasteiger partial charge in [-0.15, -0.1) is 11.3 Å². The first-order valence-corrected chi connectivity index (χ1v) is 11.2. The number of nitrogens with one attached hydrogen (secondary N) is 1. The minimum absolute atomic E-state index is 0.0155. The van der Waals surface area contributed by atoms with E-state index in [-0.39, 0.29) is 38.6 Å². The number of rotatable bonds is 8. The van der Waals surface area contributed by atoms with Crippen molar-refractivity contribution in [3.05, 3.63) is 15.4 Å². The maximum Gasteiger partial charge on any atom is 0.304 e. The van der Waals surface area contributed by atoms with Crippen LogP contribution in [0.3, 0.4) is 0 Å². The van der Waals surface area contributed by atoms with Gasteiger partial charge in [0.1, 0.15) is 8.55 Å². The molecule has 2 N–H and O–H groups in total. The van der Waals surface area contributed by atoms with E-state index in [1.807, 2.05) is 0 Å². The highest BCUT2D eigenvalue weighted by Crippen LogP contribution is 2.36. The van der Waals surface area contributed by atoms with E-state index in [0.717, 1.165) is 30.7 Å². The number of carboxylic acids is 1. The van der Waals surface area contributed by atoms with Crippen LogP contribution >= 0.6 is 34.5 Å².